The minimum atomic E-state index is -4.42. The second kappa shape index (κ2) is 9.97. The van der Waals surface area contributed by atoms with E-state index < -0.39 is 12.8 Å². The number of nitrogens with zero attached hydrogens (tertiary/aromatic N) is 2. The van der Waals surface area contributed by atoms with E-state index in [0.29, 0.717) is 12.1 Å². The summed E-state index contributed by atoms with van der Waals surface area (Å²) in [4.78, 5) is 17.9. The van der Waals surface area contributed by atoms with Crippen molar-refractivity contribution in [3.63, 3.8) is 0 Å². The van der Waals surface area contributed by atoms with Crippen LogP contribution in [0.2, 0.25) is 0 Å². The van der Waals surface area contributed by atoms with E-state index in [1.165, 1.54) is 12.3 Å². The third kappa shape index (κ3) is 6.74. The summed E-state index contributed by atoms with van der Waals surface area (Å²) in [7, 11) is 1.70. The maximum atomic E-state index is 12.5. The van der Waals surface area contributed by atoms with E-state index in [9.17, 15) is 18.0 Å². The zero-order chi connectivity index (χ0) is 22.3. The third-order valence-corrected chi connectivity index (χ3v) is 4.48. The third-order valence-electron chi connectivity index (χ3n) is 4.48. The predicted octanol–water partition coefficient (Wildman–Crippen LogP) is 5.03. The quantitative estimate of drug-likeness (QED) is 0.573. The fourth-order valence-corrected chi connectivity index (χ4v) is 2.95. The van der Waals surface area contributed by atoms with Gasteiger partial charge in [0.2, 0.25) is 5.88 Å². The van der Waals surface area contributed by atoms with Gasteiger partial charge in [0, 0.05) is 32.4 Å². The van der Waals surface area contributed by atoms with Crippen LogP contribution in [0.4, 0.5) is 18.0 Å². The van der Waals surface area contributed by atoms with Gasteiger partial charge in [0.05, 0.1) is 0 Å². The van der Waals surface area contributed by atoms with Gasteiger partial charge in [-0.15, -0.1) is 0 Å². The minimum absolute atomic E-state index is 0.123. The lowest BCUT2D eigenvalue weighted by Gasteiger charge is -2.20. The van der Waals surface area contributed by atoms with E-state index in [4.69, 9.17) is 0 Å². The first-order valence-electron chi connectivity index (χ1n) is 9.58. The van der Waals surface area contributed by atoms with Gasteiger partial charge < -0.3 is 15.0 Å². The molecule has 0 saturated carbocycles. The molecule has 0 aliphatic carbocycles. The Bertz CT molecular complexity index is 993. The number of urea groups is 1. The lowest BCUT2D eigenvalue weighted by atomic mass is 9.99. The van der Waals surface area contributed by atoms with E-state index in [0.717, 1.165) is 16.7 Å². The van der Waals surface area contributed by atoms with Gasteiger partial charge in [0.1, 0.15) is 0 Å². The highest BCUT2D eigenvalue weighted by atomic mass is 19.4. The Morgan fingerprint density at radius 1 is 1.03 bits per heavy atom. The number of carbonyl (C=O) groups is 1. The standard InChI is InChI=1S/C23H22F3N3O2/c1-29(15-19-9-5-6-10-20(19)18-7-3-2-4-8-18)22(30)28-14-17-11-12-21(27-13-17)31-16-23(24,25)26/h2-13H,14-16H2,1H3,(H,28,30). The molecule has 162 valence electrons. The molecule has 0 aliphatic rings. The van der Waals surface area contributed by atoms with Crippen molar-refractivity contribution in [2.24, 2.45) is 0 Å². The van der Waals surface area contributed by atoms with Crippen LogP contribution in [0.1, 0.15) is 11.1 Å². The predicted molar refractivity (Wildman–Crippen MR) is 111 cm³/mol. The molecule has 3 rings (SSSR count). The first-order valence-corrected chi connectivity index (χ1v) is 9.58. The smallest absolute Gasteiger partial charge is 0.422 e. The number of hydrogen-bond acceptors (Lipinski definition) is 3. The Balaban J connectivity index is 1.55. The fraction of sp³-hybridized carbons (Fsp3) is 0.217. The molecule has 1 aromatic heterocycles. The molecule has 0 unspecified atom stereocenters. The van der Waals surface area contributed by atoms with Gasteiger partial charge in [-0.05, 0) is 22.3 Å². The van der Waals surface area contributed by atoms with E-state index in [2.05, 4.69) is 15.0 Å². The van der Waals surface area contributed by atoms with Crippen LogP contribution in [0.15, 0.2) is 72.9 Å². The lowest BCUT2D eigenvalue weighted by molar-refractivity contribution is -0.154. The molecule has 0 bridgehead atoms. The lowest BCUT2D eigenvalue weighted by Crippen LogP contribution is -2.36. The van der Waals surface area contributed by atoms with Gasteiger partial charge >= 0.3 is 12.2 Å². The second-order valence-corrected chi connectivity index (χ2v) is 6.95. The van der Waals surface area contributed by atoms with Gasteiger partial charge in [0.15, 0.2) is 6.61 Å². The van der Waals surface area contributed by atoms with Crippen LogP contribution in [0.25, 0.3) is 11.1 Å². The molecule has 2 amide bonds. The summed E-state index contributed by atoms with van der Waals surface area (Å²) in [6, 6.07) is 20.4. The number of halogens is 3. The molecule has 31 heavy (non-hydrogen) atoms. The zero-order valence-electron chi connectivity index (χ0n) is 16.9. The van der Waals surface area contributed by atoms with E-state index in [1.54, 1.807) is 18.0 Å². The normalized spacial score (nSPS) is 11.1. The second-order valence-electron chi connectivity index (χ2n) is 6.95. The highest BCUT2D eigenvalue weighted by Crippen LogP contribution is 2.24. The number of ether oxygens (including phenoxy) is 1. The first kappa shape index (κ1) is 22.1. The Labute approximate surface area is 178 Å². The molecule has 1 N–H and O–H groups in total. The number of benzene rings is 2. The van der Waals surface area contributed by atoms with E-state index in [1.807, 2.05) is 54.6 Å². The summed E-state index contributed by atoms with van der Waals surface area (Å²) in [5.74, 6) is -0.123. The van der Waals surface area contributed by atoms with Crippen molar-refractivity contribution in [2.75, 3.05) is 13.7 Å². The average molecular weight is 429 g/mol. The molecule has 1 heterocycles. The number of rotatable bonds is 7. The number of pyridine rings is 1. The van der Waals surface area contributed by atoms with Crippen LogP contribution in [0.5, 0.6) is 5.88 Å². The van der Waals surface area contributed by atoms with Crippen molar-refractivity contribution in [1.29, 1.82) is 0 Å². The van der Waals surface area contributed by atoms with Crippen molar-refractivity contribution in [2.45, 2.75) is 19.3 Å². The minimum Gasteiger partial charge on any atom is -0.468 e. The van der Waals surface area contributed by atoms with Crippen LogP contribution < -0.4 is 10.1 Å². The Kier molecular flexibility index (Phi) is 7.12. The molecular weight excluding hydrogens is 407 g/mol. The highest BCUT2D eigenvalue weighted by Gasteiger charge is 2.28. The summed E-state index contributed by atoms with van der Waals surface area (Å²) in [6.45, 7) is -0.791. The molecule has 0 saturated heterocycles. The van der Waals surface area contributed by atoms with Gasteiger partial charge in [-0.25, -0.2) is 9.78 Å². The van der Waals surface area contributed by atoms with Crippen LogP contribution in [0.3, 0.4) is 0 Å². The summed E-state index contributed by atoms with van der Waals surface area (Å²) in [5.41, 5.74) is 3.79. The highest BCUT2D eigenvalue weighted by molar-refractivity contribution is 5.74. The topological polar surface area (TPSA) is 54.5 Å². The van der Waals surface area contributed by atoms with Gasteiger partial charge in [-0.2, -0.15) is 13.2 Å². The Hall–Kier alpha value is -3.55. The molecule has 2 aromatic carbocycles. The Morgan fingerprint density at radius 3 is 2.42 bits per heavy atom. The summed E-state index contributed by atoms with van der Waals surface area (Å²) in [5, 5.41) is 2.78. The van der Waals surface area contributed by atoms with Crippen LogP contribution in [-0.4, -0.2) is 35.7 Å². The largest absolute Gasteiger partial charge is 0.468 e. The molecule has 0 fully saturated rings. The SMILES string of the molecule is CN(Cc1ccccc1-c1ccccc1)C(=O)NCc1ccc(OCC(F)(F)F)nc1. The number of alkyl halides is 3. The summed E-state index contributed by atoms with van der Waals surface area (Å²) >= 11 is 0. The molecule has 0 radical (unpaired) electrons. The van der Waals surface area contributed by atoms with Crippen LogP contribution in [-0.2, 0) is 13.1 Å². The van der Waals surface area contributed by atoms with Gasteiger partial charge in [-0.3, -0.25) is 0 Å². The monoisotopic (exact) mass is 429 g/mol. The van der Waals surface area contributed by atoms with Crippen molar-refractivity contribution >= 4 is 6.03 Å². The summed E-state index contributed by atoms with van der Waals surface area (Å²) in [6.07, 6.45) is -3.05. The van der Waals surface area contributed by atoms with Crippen molar-refractivity contribution < 1.29 is 22.7 Å². The van der Waals surface area contributed by atoms with Crippen LogP contribution in [0, 0.1) is 0 Å². The molecule has 0 atom stereocenters. The number of carbonyl (C=O) groups excluding carboxylic acids is 1. The molecule has 0 spiro atoms. The van der Waals surface area contributed by atoms with Crippen LogP contribution >= 0.6 is 0 Å². The van der Waals surface area contributed by atoms with E-state index >= 15 is 0 Å². The fourth-order valence-electron chi connectivity index (χ4n) is 2.95. The maximum absolute atomic E-state index is 12.5. The first-order chi connectivity index (χ1) is 14.8. The molecule has 3 aromatic rings. The number of nitrogens with one attached hydrogen (secondary N) is 1. The number of amides is 2. The summed E-state index contributed by atoms with van der Waals surface area (Å²) < 4.78 is 41.1. The molecule has 8 heteroatoms. The molecule has 5 nitrogen and oxygen atoms in total. The Morgan fingerprint density at radius 2 is 1.74 bits per heavy atom. The molecular formula is C23H22F3N3O2. The number of aromatic nitrogens is 1. The van der Waals surface area contributed by atoms with Crippen molar-refractivity contribution in [1.82, 2.24) is 15.2 Å². The van der Waals surface area contributed by atoms with Gasteiger partial charge in [0.25, 0.3) is 0 Å². The number of hydrogen-bond donors (Lipinski definition) is 1. The zero-order valence-corrected chi connectivity index (χ0v) is 16.9. The van der Waals surface area contributed by atoms with E-state index in [-0.39, 0.29) is 18.5 Å². The molecule has 0 aliphatic heterocycles. The van der Waals surface area contributed by atoms with Gasteiger partial charge in [-0.1, -0.05) is 60.7 Å². The maximum Gasteiger partial charge on any atom is 0.422 e. The van der Waals surface area contributed by atoms with Crippen molar-refractivity contribution in [3.05, 3.63) is 84.1 Å². The average Bonchev–Trinajstić information content (AvgIpc) is 2.77. The van der Waals surface area contributed by atoms with Crippen molar-refractivity contribution in [3.8, 4) is 17.0 Å².